The van der Waals surface area contributed by atoms with E-state index in [9.17, 15) is 18.0 Å². The Labute approximate surface area is 222 Å². The number of amides is 2. The number of anilines is 1. The molecule has 0 aliphatic rings. The molecule has 0 heterocycles. The summed E-state index contributed by atoms with van der Waals surface area (Å²) in [4.78, 5) is 28.3. The number of methoxy groups -OCH3 is 1. The van der Waals surface area contributed by atoms with Gasteiger partial charge >= 0.3 is 0 Å². The maximum absolute atomic E-state index is 13.9. The lowest BCUT2D eigenvalue weighted by Gasteiger charge is -2.33. The van der Waals surface area contributed by atoms with Crippen molar-refractivity contribution in [1.82, 2.24) is 10.2 Å². The van der Waals surface area contributed by atoms with Gasteiger partial charge in [0.05, 0.1) is 19.1 Å². The van der Waals surface area contributed by atoms with Crippen molar-refractivity contribution >= 4 is 39.1 Å². The summed E-state index contributed by atoms with van der Waals surface area (Å²) in [7, 11) is -0.892. The van der Waals surface area contributed by atoms with Crippen LogP contribution in [-0.4, -0.2) is 58.1 Å². The summed E-state index contributed by atoms with van der Waals surface area (Å²) in [5.41, 5.74) is 1.75. The van der Waals surface area contributed by atoms with Gasteiger partial charge in [0.15, 0.2) is 0 Å². The number of sulfonamides is 1. The zero-order valence-electron chi connectivity index (χ0n) is 20.9. The molecule has 0 aliphatic carbocycles. The van der Waals surface area contributed by atoms with Crippen LogP contribution in [0.5, 0.6) is 5.75 Å². The van der Waals surface area contributed by atoms with E-state index in [-0.39, 0.29) is 24.6 Å². The number of nitrogens with one attached hydrogen (secondary N) is 1. The molecule has 0 fully saturated rings. The second-order valence-electron chi connectivity index (χ2n) is 8.40. The average molecular weight is 544 g/mol. The molecule has 2 amide bonds. The molecule has 0 saturated carbocycles. The monoisotopic (exact) mass is 543 g/mol. The van der Waals surface area contributed by atoms with Crippen molar-refractivity contribution < 1.29 is 22.7 Å². The summed E-state index contributed by atoms with van der Waals surface area (Å²) >= 11 is 6.40. The molecule has 0 saturated heterocycles. The van der Waals surface area contributed by atoms with Crippen molar-refractivity contribution in [1.29, 1.82) is 0 Å². The Morgan fingerprint density at radius 3 is 2.30 bits per heavy atom. The van der Waals surface area contributed by atoms with Crippen LogP contribution in [0.1, 0.15) is 11.1 Å². The van der Waals surface area contributed by atoms with Crippen LogP contribution in [0.15, 0.2) is 78.9 Å². The first-order valence-corrected chi connectivity index (χ1v) is 13.8. The second-order valence-corrected chi connectivity index (χ2v) is 10.7. The fourth-order valence-electron chi connectivity index (χ4n) is 3.91. The Hall–Kier alpha value is -3.56. The molecule has 0 bridgehead atoms. The molecule has 0 unspecified atom stereocenters. The van der Waals surface area contributed by atoms with Crippen LogP contribution in [0.2, 0.25) is 5.02 Å². The van der Waals surface area contributed by atoms with Gasteiger partial charge < -0.3 is 15.0 Å². The molecular weight excluding hydrogens is 514 g/mol. The lowest BCUT2D eigenvalue weighted by atomic mass is 10.0. The zero-order chi connectivity index (χ0) is 27.0. The maximum atomic E-state index is 13.9. The third-order valence-corrected chi connectivity index (χ3v) is 7.35. The summed E-state index contributed by atoms with van der Waals surface area (Å²) in [6.45, 7) is -0.502. The van der Waals surface area contributed by atoms with Crippen LogP contribution < -0.4 is 14.4 Å². The van der Waals surface area contributed by atoms with Gasteiger partial charge in [0.25, 0.3) is 0 Å². The summed E-state index contributed by atoms with van der Waals surface area (Å²) < 4.78 is 31.8. The minimum atomic E-state index is -3.86. The van der Waals surface area contributed by atoms with E-state index in [0.717, 1.165) is 16.1 Å². The molecule has 1 atom stereocenters. The van der Waals surface area contributed by atoms with Gasteiger partial charge in [-0.25, -0.2) is 8.42 Å². The fourth-order valence-corrected chi connectivity index (χ4v) is 4.95. The predicted molar refractivity (Wildman–Crippen MR) is 145 cm³/mol. The molecule has 0 radical (unpaired) electrons. The number of benzene rings is 3. The van der Waals surface area contributed by atoms with Gasteiger partial charge in [-0.2, -0.15) is 0 Å². The van der Waals surface area contributed by atoms with Crippen LogP contribution in [-0.2, 0) is 32.6 Å². The molecule has 0 aliphatic heterocycles. The number of nitrogens with zero attached hydrogens (tertiary/aromatic N) is 2. The summed E-state index contributed by atoms with van der Waals surface area (Å²) in [6, 6.07) is 21.8. The number of likely N-dealkylation sites (N-methyl/N-ethyl adjacent to an activating group) is 1. The van der Waals surface area contributed by atoms with Gasteiger partial charge in [-0.3, -0.25) is 13.9 Å². The highest BCUT2D eigenvalue weighted by Crippen LogP contribution is 2.25. The number of halogens is 1. The molecule has 8 nitrogen and oxygen atoms in total. The first kappa shape index (κ1) is 28.0. The van der Waals surface area contributed by atoms with E-state index in [1.807, 2.05) is 30.3 Å². The molecule has 3 rings (SSSR count). The van der Waals surface area contributed by atoms with Crippen molar-refractivity contribution in [2.45, 2.75) is 19.0 Å². The fraction of sp³-hybridized carbons (Fsp3) is 0.259. The Bertz CT molecular complexity index is 1330. The standard InChI is InChI=1S/C27H30ClN3O5S/c1-29-27(33)25(16-20-10-5-4-6-11-20)30(18-21-12-7-8-15-24(21)28)26(32)19-31(37(3,34)35)22-13-9-14-23(17-22)36-2/h4-15,17,25H,16,18-19H2,1-3H3,(H,29,33)/t25-/m1/s1. The molecule has 1 N–H and O–H groups in total. The lowest BCUT2D eigenvalue weighted by molar-refractivity contribution is -0.139. The van der Waals surface area contributed by atoms with Crippen molar-refractivity contribution in [2.75, 3.05) is 31.3 Å². The minimum absolute atomic E-state index is 0.0130. The first-order chi connectivity index (χ1) is 17.6. The molecule has 3 aromatic carbocycles. The van der Waals surface area contributed by atoms with Crippen LogP contribution in [0.4, 0.5) is 5.69 Å². The highest BCUT2D eigenvalue weighted by molar-refractivity contribution is 7.92. The number of carbonyl (C=O) groups is 2. The third-order valence-electron chi connectivity index (χ3n) is 5.84. The molecule has 0 spiro atoms. The summed E-state index contributed by atoms with van der Waals surface area (Å²) in [5.74, 6) is -0.493. The van der Waals surface area contributed by atoms with E-state index in [2.05, 4.69) is 5.32 Å². The van der Waals surface area contributed by atoms with Gasteiger partial charge in [-0.15, -0.1) is 0 Å². The van der Waals surface area contributed by atoms with Crippen LogP contribution in [0, 0.1) is 0 Å². The molecule has 10 heteroatoms. The summed E-state index contributed by atoms with van der Waals surface area (Å²) in [5, 5.41) is 3.07. The van der Waals surface area contributed by atoms with E-state index in [1.54, 1.807) is 42.5 Å². The van der Waals surface area contributed by atoms with E-state index in [1.165, 1.54) is 25.1 Å². The Kier molecular flexibility index (Phi) is 9.54. The predicted octanol–water partition coefficient (Wildman–Crippen LogP) is 3.50. The number of ether oxygens (including phenoxy) is 1. The highest BCUT2D eigenvalue weighted by Gasteiger charge is 2.33. The summed E-state index contributed by atoms with van der Waals surface area (Å²) in [6.07, 6.45) is 1.26. The Balaban J connectivity index is 2.04. The van der Waals surface area contributed by atoms with E-state index >= 15 is 0 Å². The Morgan fingerprint density at radius 1 is 1.00 bits per heavy atom. The quantitative estimate of drug-likeness (QED) is 0.399. The number of hydrogen-bond acceptors (Lipinski definition) is 5. The third kappa shape index (κ3) is 7.47. The van der Waals surface area contributed by atoms with E-state index < -0.39 is 28.5 Å². The zero-order valence-corrected chi connectivity index (χ0v) is 22.5. The van der Waals surface area contributed by atoms with Crippen LogP contribution in [0.3, 0.4) is 0 Å². The highest BCUT2D eigenvalue weighted by atomic mass is 35.5. The van der Waals surface area contributed by atoms with E-state index in [4.69, 9.17) is 16.3 Å². The molecule has 196 valence electrons. The van der Waals surface area contributed by atoms with Crippen LogP contribution in [0.25, 0.3) is 0 Å². The topological polar surface area (TPSA) is 96.0 Å². The minimum Gasteiger partial charge on any atom is -0.497 e. The number of rotatable bonds is 11. The van der Waals surface area contributed by atoms with Crippen molar-refractivity contribution in [3.05, 3.63) is 95.0 Å². The number of hydrogen-bond donors (Lipinski definition) is 1. The van der Waals surface area contributed by atoms with Gasteiger partial charge in [-0.05, 0) is 29.3 Å². The smallest absolute Gasteiger partial charge is 0.244 e. The van der Waals surface area contributed by atoms with Crippen molar-refractivity contribution in [3.63, 3.8) is 0 Å². The molecule has 3 aromatic rings. The van der Waals surface area contributed by atoms with Crippen LogP contribution >= 0.6 is 11.6 Å². The van der Waals surface area contributed by atoms with E-state index in [0.29, 0.717) is 16.3 Å². The second kappa shape index (κ2) is 12.6. The van der Waals surface area contributed by atoms with Crippen molar-refractivity contribution in [2.24, 2.45) is 0 Å². The first-order valence-electron chi connectivity index (χ1n) is 11.5. The maximum Gasteiger partial charge on any atom is 0.244 e. The van der Waals surface area contributed by atoms with Gasteiger partial charge in [0, 0.05) is 31.1 Å². The normalized spacial score (nSPS) is 11.9. The lowest BCUT2D eigenvalue weighted by Crippen LogP contribution is -2.52. The molecule has 0 aromatic heterocycles. The number of carbonyl (C=O) groups excluding carboxylic acids is 2. The Morgan fingerprint density at radius 2 is 1.68 bits per heavy atom. The molecule has 37 heavy (non-hydrogen) atoms. The van der Waals surface area contributed by atoms with Gasteiger partial charge in [0.1, 0.15) is 18.3 Å². The molecular formula is C27H30ClN3O5S. The van der Waals surface area contributed by atoms with Gasteiger partial charge in [0.2, 0.25) is 21.8 Å². The largest absolute Gasteiger partial charge is 0.497 e. The van der Waals surface area contributed by atoms with Crippen molar-refractivity contribution in [3.8, 4) is 5.75 Å². The average Bonchev–Trinajstić information content (AvgIpc) is 2.89. The SMILES string of the molecule is CNC(=O)[C@@H](Cc1ccccc1)N(Cc1ccccc1Cl)C(=O)CN(c1cccc(OC)c1)S(C)(=O)=O. The van der Waals surface area contributed by atoms with Gasteiger partial charge in [-0.1, -0.05) is 66.2 Å².